The van der Waals surface area contributed by atoms with Gasteiger partial charge in [-0.25, -0.2) is 5.43 Å². The quantitative estimate of drug-likeness (QED) is 0.431. The molecular formula is C19H19F2N3O4. The third-order valence-corrected chi connectivity index (χ3v) is 3.40. The van der Waals surface area contributed by atoms with Crippen molar-refractivity contribution in [2.75, 3.05) is 11.9 Å². The van der Waals surface area contributed by atoms with Crippen molar-refractivity contribution < 1.29 is 27.8 Å². The van der Waals surface area contributed by atoms with Gasteiger partial charge in [-0.15, -0.1) is 0 Å². The van der Waals surface area contributed by atoms with Crippen LogP contribution in [-0.2, 0) is 9.59 Å². The number of rotatable bonds is 7. The molecule has 2 amide bonds. The lowest BCUT2D eigenvalue weighted by Crippen LogP contribution is -2.32. The summed E-state index contributed by atoms with van der Waals surface area (Å²) in [6, 6.07) is 11.3. The molecule has 0 bridgehead atoms. The van der Waals surface area contributed by atoms with E-state index in [4.69, 9.17) is 4.74 Å². The number of hydrogen-bond acceptors (Lipinski definition) is 5. The number of ether oxygens (including phenoxy) is 2. The molecule has 2 rings (SSSR count). The van der Waals surface area contributed by atoms with Gasteiger partial charge in [-0.3, -0.25) is 9.59 Å². The highest BCUT2D eigenvalue weighted by molar-refractivity contribution is 6.39. The molecule has 0 radical (unpaired) electrons. The number of hydrazone groups is 1. The summed E-state index contributed by atoms with van der Waals surface area (Å²) in [6.07, 6.45) is 1.08. The number of alkyl halides is 2. The maximum Gasteiger partial charge on any atom is 0.387 e. The van der Waals surface area contributed by atoms with Gasteiger partial charge in [-0.1, -0.05) is 23.8 Å². The van der Waals surface area contributed by atoms with Gasteiger partial charge in [0.15, 0.2) is 11.5 Å². The van der Waals surface area contributed by atoms with Gasteiger partial charge < -0.3 is 14.8 Å². The number of carbonyl (C=O) groups is 2. The van der Waals surface area contributed by atoms with Gasteiger partial charge in [-0.05, 0) is 38.1 Å². The lowest BCUT2D eigenvalue weighted by molar-refractivity contribution is -0.136. The maximum atomic E-state index is 12.7. The van der Waals surface area contributed by atoms with Crippen LogP contribution in [0.25, 0.3) is 0 Å². The van der Waals surface area contributed by atoms with E-state index in [1.165, 1.54) is 12.1 Å². The molecule has 2 aromatic carbocycles. The molecule has 28 heavy (non-hydrogen) atoms. The second-order valence-corrected chi connectivity index (χ2v) is 5.51. The number of nitrogens with zero attached hydrogens (tertiary/aromatic N) is 1. The molecule has 2 aromatic rings. The molecule has 2 N–H and O–H groups in total. The molecule has 148 valence electrons. The van der Waals surface area contributed by atoms with Gasteiger partial charge in [0, 0.05) is 11.3 Å². The fourth-order valence-electron chi connectivity index (χ4n) is 2.15. The van der Waals surface area contributed by atoms with Crippen molar-refractivity contribution in [3.05, 3.63) is 53.6 Å². The number of benzene rings is 2. The van der Waals surface area contributed by atoms with E-state index in [0.29, 0.717) is 5.69 Å². The van der Waals surface area contributed by atoms with Gasteiger partial charge in [0.2, 0.25) is 0 Å². The Balaban J connectivity index is 2.04. The predicted octanol–water partition coefficient (Wildman–Crippen LogP) is 3.08. The van der Waals surface area contributed by atoms with Crippen molar-refractivity contribution >= 4 is 23.7 Å². The van der Waals surface area contributed by atoms with Crippen LogP contribution in [0.4, 0.5) is 14.5 Å². The number of hydrogen-bond donors (Lipinski definition) is 2. The Morgan fingerprint density at radius 1 is 1.14 bits per heavy atom. The van der Waals surface area contributed by atoms with E-state index in [2.05, 4.69) is 15.2 Å². The average molecular weight is 391 g/mol. The van der Waals surface area contributed by atoms with Crippen LogP contribution in [0.1, 0.15) is 18.1 Å². The lowest BCUT2D eigenvalue weighted by atomic mass is 10.2. The molecule has 0 aliphatic carbocycles. The van der Waals surface area contributed by atoms with Gasteiger partial charge in [-0.2, -0.15) is 13.9 Å². The molecule has 0 aromatic heterocycles. The zero-order valence-corrected chi connectivity index (χ0v) is 15.2. The Labute approximate surface area is 160 Å². The Kier molecular flexibility index (Phi) is 7.44. The van der Waals surface area contributed by atoms with Crippen LogP contribution in [0.2, 0.25) is 0 Å². The van der Waals surface area contributed by atoms with Crippen LogP contribution in [-0.4, -0.2) is 31.2 Å². The van der Waals surface area contributed by atoms with E-state index in [-0.39, 0.29) is 23.7 Å². The summed E-state index contributed by atoms with van der Waals surface area (Å²) < 4.78 is 35.1. The molecule has 7 nitrogen and oxygen atoms in total. The standard InChI is InChI=1S/C19H19F2N3O4/c1-3-27-15-6-4-5-13(16(15)28-19(20)21)11-22-24-18(26)17(25)23-14-9-7-12(2)8-10-14/h4-11,19H,3H2,1-2H3,(H,23,25)(H,24,26)/b22-11-. The number of amides is 2. The van der Waals surface area contributed by atoms with Gasteiger partial charge in [0.05, 0.1) is 12.8 Å². The first-order chi connectivity index (χ1) is 13.4. The normalized spacial score (nSPS) is 10.8. The second kappa shape index (κ2) is 10.0. The van der Waals surface area contributed by atoms with Crippen molar-refractivity contribution in [2.24, 2.45) is 5.10 Å². The highest BCUT2D eigenvalue weighted by Gasteiger charge is 2.16. The van der Waals surface area contributed by atoms with E-state index in [9.17, 15) is 18.4 Å². The van der Waals surface area contributed by atoms with Gasteiger partial charge >= 0.3 is 18.4 Å². The average Bonchev–Trinajstić information content (AvgIpc) is 2.65. The third kappa shape index (κ3) is 6.04. The molecule has 9 heteroatoms. The summed E-state index contributed by atoms with van der Waals surface area (Å²) >= 11 is 0. The van der Waals surface area contributed by atoms with E-state index in [1.807, 2.05) is 12.3 Å². The van der Waals surface area contributed by atoms with Crippen LogP contribution >= 0.6 is 0 Å². The number of nitrogens with one attached hydrogen (secondary N) is 2. The molecule has 0 aliphatic rings. The number of para-hydroxylation sites is 1. The van der Waals surface area contributed by atoms with Crippen molar-refractivity contribution in [3.8, 4) is 11.5 Å². The second-order valence-electron chi connectivity index (χ2n) is 5.51. The Morgan fingerprint density at radius 3 is 2.50 bits per heavy atom. The van der Waals surface area contributed by atoms with Gasteiger partial charge in [0.1, 0.15) is 0 Å². The molecule has 0 aliphatic heterocycles. The number of halogens is 2. The van der Waals surface area contributed by atoms with Crippen LogP contribution in [0.15, 0.2) is 47.6 Å². The zero-order chi connectivity index (χ0) is 20.5. The molecule has 0 saturated heterocycles. The summed E-state index contributed by atoms with van der Waals surface area (Å²) in [6.45, 7) is 0.763. The highest BCUT2D eigenvalue weighted by Crippen LogP contribution is 2.31. The van der Waals surface area contributed by atoms with Crippen LogP contribution in [0.5, 0.6) is 11.5 Å². The monoisotopic (exact) mass is 391 g/mol. The topological polar surface area (TPSA) is 89.0 Å². The van der Waals surface area contributed by atoms with Crippen molar-refractivity contribution in [1.82, 2.24) is 5.43 Å². The molecule has 0 heterocycles. The van der Waals surface area contributed by atoms with E-state index in [0.717, 1.165) is 11.8 Å². The molecular weight excluding hydrogens is 372 g/mol. The van der Waals surface area contributed by atoms with E-state index < -0.39 is 18.4 Å². The van der Waals surface area contributed by atoms with Crippen LogP contribution < -0.4 is 20.2 Å². The van der Waals surface area contributed by atoms with E-state index >= 15 is 0 Å². The molecule has 0 saturated carbocycles. The first-order valence-corrected chi connectivity index (χ1v) is 8.32. The smallest absolute Gasteiger partial charge is 0.387 e. The van der Waals surface area contributed by atoms with Gasteiger partial charge in [0.25, 0.3) is 0 Å². The SMILES string of the molecule is CCOc1cccc(/C=N\NC(=O)C(=O)Nc2ccc(C)cc2)c1OC(F)F. The minimum Gasteiger partial charge on any atom is -0.490 e. The first kappa shape index (κ1) is 20.8. The predicted molar refractivity (Wildman–Crippen MR) is 99.8 cm³/mol. The van der Waals surface area contributed by atoms with Crippen molar-refractivity contribution in [3.63, 3.8) is 0 Å². The summed E-state index contributed by atoms with van der Waals surface area (Å²) in [5, 5.41) is 6.03. The first-order valence-electron chi connectivity index (χ1n) is 8.32. The Bertz CT molecular complexity index is 855. The number of carbonyl (C=O) groups excluding carboxylic acids is 2. The Morgan fingerprint density at radius 2 is 1.86 bits per heavy atom. The van der Waals surface area contributed by atoms with Crippen molar-refractivity contribution in [1.29, 1.82) is 0 Å². The zero-order valence-electron chi connectivity index (χ0n) is 15.2. The fraction of sp³-hybridized carbons (Fsp3) is 0.211. The molecule has 0 atom stereocenters. The summed E-state index contributed by atoms with van der Waals surface area (Å²) in [4.78, 5) is 23.7. The lowest BCUT2D eigenvalue weighted by Gasteiger charge is -2.13. The van der Waals surface area contributed by atoms with Crippen molar-refractivity contribution in [2.45, 2.75) is 20.5 Å². The largest absolute Gasteiger partial charge is 0.490 e. The molecule has 0 spiro atoms. The van der Waals surface area contributed by atoms with Crippen LogP contribution in [0.3, 0.4) is 0 Å². The molecule has 0 fully saturated rings. The summed E-state index contributed by atoms with van der Waals surface area (Å²) in [7, 11) is 0. The molecule has 0 unspecified atom stereocenters. The van der Waals surface area contributed by atoms with E-state index in [1.54, 1.807) is 37.3 Å². The maximum absolute atomic E-state index is 12.7. The summed E-state index contributed by atoms with van der Waals surface area (Å²) in [5.74, 6) is -2.06. The number of anilines is 1. The minimum absolute atomic E-state index is 0.107. The number of aryl methyl sites for hydroxylation is 1. The summed E-state index contributed by atoms with van der Waals surface area (Å²) in [5.41, 5.74) is 3.63. The Hall–Kier alpha value is -3.49. The van der Waals surface area contributed by atoms with Crippen LogP contribution in [0, 0.1) is 6.92 Å². The fourth-order valence-corrected chi connectivity index (χ4v) is 2.15. The minimum atomic E-state index is -3.07. The highest BCUT2D eigenvalue weighted by atomic mass is 19.3. The third-order valence-electron chi connectivity index (χ3n) is 3.40.